The van der Waals surface area contributed by atoms with Gasteiger partial charge in [0.1, 0.15) is 5.82 Å². The molecule has 1 unspecified atom stereocenters. The van der Waals surface area contributed by atoms with Gasteiger partial charge >= 0.3 is 0 Å². The largest absolute Gasteiger partial charge is 0.376 e. The van der Waals surface area contributed by atoms with E-state index in [1.165, 1.54) is 12.1 Å². The van der Waals surface area contributed by atoms with Crippen molar-refractivity contribution in [2.24, 2.45) is 0 Å². The van der Waals surface area contributed by atoms with Gasteiger partial charge in [-0.3, -0.25) is 0 Å². The molecule has 1 nitrogen and oxygen atoms in total. The summed E-state index contributed by atoms with van der Waals surface area (Å²) in [4.78, 5) is 0. The van der Waals surface area contributed by atoms with Gasteiger partial charge in [0.2, 0.25) is 0 Å². The third kappa shape index (κ3) is 3.08. The summed E-state index contributed by atoms with van der Waals surface area (Å²) in [5, 5.41) is 2.95. The number of hydrogen-bond donors (Lipinski definition) is 1. The second kappa shape index (κ2) is 5.34. The van der Waals surface area contributed by atoms with Crippen molar-refractivity contribution in [3.8, 4) is 0 Å². The predicted molar refractivity (Wildman–Crippen MR) is 69.5 cm³/mol. The van der Waals surface area contributed by atoms with Crippen molar-refractivity contribution in [1.82, 2.24) is 0 Å². The van der Waals surface area contributed by atoms with Crippen molar-refractivity contribution in [2.45, 2.75) is 19.9 Å². The van der Waals surface area contributed by atoms with Crippen LogP contribution in [0.1, 0.15) is 24.1 Å². The normalized spacial score (nSPS) is 12.3. The van der Waals surface area contributed by atoms with Crippen molar-refractivity contribution in [3.05, 3.63) is 65.0 Å². The number of aryl methyl sites for hydroxylation is 1. The van der Waals surface area contributed by atoms with Crippen molar-refractivity contribution >= 4 is 5.69 Å². The first-order valence-electron chi connectivity index (χ1n) is 5.95. The van der Waals surface area contributed by atoms with Gasteiger partial charge in [0.25, 0.3) is 0 Å². The van der Waals surface area contributed by atoms with Crippen molar-refractivity contribution in [3.63, 3.8) is 0 Å². The number of halogens is 3. The molecule has 0 saturated carbocycles. The Hall–Kier alpha value is -1.97. The van der Waals surface area contributed by atoms with Crippen LogP contribution in [0.2, 0.25) is 0 Å². The van der Waals surface area contributed by atoms with Gasteiger partial charge in [-0.05, 0) is 49.2 Å². The van der Waals surface area contributed by atoms with Crippen molar-refractivity contribution in [1.29, 1.82) is 0 Å². The summed E-state index contributed by atoms with van der Waals surface area (Å²) >= 11 is 0. The molecule has 4 heteroatoms. The molecule has 0 bridgehead atoms. The smallest absolute Gasteiger partial charge is 0.159 e. The molecule has 0 aliphatic carbocycles. The zero-order valence-electron chi connectivity index (χ0n) is 10.7. The highest BCUT2D eigenvalue weighted by atomic mass is 19.2. The van der Waals surface area contributed by atoms with E-state index < -0.39 is 11.6 Å². The monoisotopic (exact) mass is 265 g/mol. The Labute approximate surface area is 110 Å². The highest BCUT2D eigenvalue weighted by Crippen LogP contribution is 2.23. The molecule has 0 amide bonds. The Bertz CT molecular complexity index is 596. The van der Waals surface area contributed by atoms with Gasteiger partial charge in [0.15, 0.2) is 11.6 Å². The average Bonchev–Trinajstić information content (AvgIpc) is 2.37. The van der Waals surface area contributed by atoms with Crippen LogP contribution in [0.3, 0.4) is 0 Å². The Kier molecular flexibility index (Phi) is 3.79. The first-order chi connectivity index (χ1) is 8.97. The summed E-state index contributed by atoms with van der Waals surface area (Å²) in [7, 11) is 0. The van der Waals surface area contributed by atoms with Crippen LogP contribution >= 0.6 is 0 Å². The molecule has 2 aromatic rings. The first-order valence-corrected chi connectivity index (χ1v) is 5.95. The van der Waals surface area contributed by atoms with Crippen molar-refractivity contribution in [2.75, 3.05) is 5.32 Å². The van der Waals surface area contributed by atoms with Gasteiger partial charge in [-0.15, -0.1) is 0 Å². The zero-order valence-corrected chi connectivity index (χ0v) is 10.7. The number of rotatable bonds is 3. The number of anilines is 1. The standard InChI is InChI=1S/C15H14F3N/c1-9-3-5-13(17)15(7-9)19-10(2)11-4-6-12(16)14(18)8-11/h3-8,10,19H,1-2H3. The third-order valence-corrected chi connectivity index (χ3v) is 2.94. The molecule has 19 heavy (non-hydrogen) atoms. The van der Waals surface area contributed by atoms with Crippen LogP contribution in [0.4, 0.5) is 18.9 Å². The number of nitrogens with one attached hydrogen (secondary N) is 1. The van der Waals surface area contributed by atoms with Crippen LogP contribution in [0.25, 0.3) is 0 Å². The molecular weight excluding hydrogens is 251 g/mol. The van der Waals surface area contributed by atoms with Crippen LogP contribution in [-0.2, 0) is 0 Å². The molecule has 0 aromatic heterocycles. The third-order valence-electron chi connectivity index (χ3n) is 2.94. The molecule has 0 spiro atoms. The zero-order chi connectivity index (χ0) is 14.0. The van der Waals surface area contributed by atoms with E-state index in [9.17, 15) is 13.2 Å². The molecule has 2 aromatic carbocycles. The maximum Gasteiger partial charge on any atom is 0.159 e. The lowest BCUT2D eigenvalue weighted by molar-refractivity contribution is 0.506. The van der Waals surface area contributed by atoms with Crippen LogP contribution in [-0.4, -0.2) is 0 Å². The van der Waals surface area contributed by atoms with E-state index in [2.05, 4.69) is 5.32 Å². The van der Waals surface area contributed by atoms with E-state index in [0.717, 1.165) is 17.7 Å². The maximum atomic E-state index is 13.6. The fraction of sp³-hybridized carbons (Fsp3) is 0.200. The molecule has 0 radical (unpaired) electrons. The molecule has 100 valence electrons. The van der Waals surface area contributed by atoms with E-state index >= 15 is 0 Å². The maximum absolute atomic E-state index is 13.6. The Morgan fingerprint density at radius 2 is 1.58 bits per heavy atom. The fourth-order valence-electron chi connectivity index (χ4n) is 1.85. The summed E-state index contributed by atoms with van der Waals surface area (Å²) in [6, 6.07) is 8.04. The summed E-state index contributed by atoms with van der Waals surface area (Å²) in [5.41, 5.74) is 1.82. The first kappa shape index (κ1) is 13.5. The second-order valence-corrected chi connectivity index (χ2v) is 4.52. The molecule has 0 heterocycles. The number of benzene rings is 2. The molecule has 0 aliphatic rings. The summed E-state index contributed by atoms with van der Waals surface area (Å²) in [6.07, 6.45) is 0. The van der Waals surface area contributed by atoms with Crippen LogP contribution in [0.5, 0.6) is 0 Å². The average molecular weight is 265 g/mol. The summed E-state index contributed by atoms with van der Waals surface area (Å²) < 4.78 is 39.6. The van der Waals surface area contributed by atoms with Crippen LogP contribution in [0.15, 0.2) is 36.4 Å². The second-order valence-electron chi connectivity index (χ2n) is 4.52. The highest BCUT2D eigenvalue weighted by Gasteiger charge is 2.11. The van der Waals surface area contributed by atoms with Gasteiger partial charge < -0.3 is 5.32 Å². The van der Waals surface area contributed by atoms with Crippen molar-refractivity contribution < 1.29 is 13.2 Å². The minimum Gasteiger partial charge on any atom is -0.376 e. The molecule has 0 saturated heterocycles. The van der Waals surface area contributed by atoms with Gasteiger partial charge in [-0.2, -0.15) is 0 Å². The van der Waals surface area contributed by atoms with E-state index in [1.807, 2.05) is 6.92 Å². The minimum absolute atomic E-state index is 0.327. The van der Waals surface area contributed by atoms with Gasteiger partial charge in [0.05, 0.1) is 5.69 Å². The SMILES string of the molecule is Cc1ccc(F)c(NC(C)c2ccc(F)c(F)c2)c1. The van der Waals surface area contributed by atoms with E-state index in [1.54, 1.807) is 19.1 Å². The highest BCUT2D eigenvalue weighted by molar-refractivity contribution is 5.48. The predicted octanol–water partition coefficient (Wildman–Crippen LogP) is 4.59. The van der Waals surface area contributed by atoms with E-state index in [4.69, 9.17) is 0 Å². The molecular formula is C15H14F3N. The Morgan fingerprint density at radius 1 is 0.895 bits per heavy atom. The lowest BCUT2D eigenvalue weighted by Crippen LogP contribution is -2.08. The molecule has 0 fully saturated rings. The summed E-state index contributed by atoms with van der Waals surface area (Å²) in [5.74, 6) is -2.17. The quantitative estimate of drug-likeness (QED) is 0.856. The molecule has 1 N–H and O–H groups in total. The lowest BCUT2D eigenvalue weighted by atomic mass is 10.1. The van der Waals surface area contributed by atoms with Crippen LogP contribution < -0.4 is 5.32 Å². The topological polar surface area (TPSA) is 12.0 Å². The van der Waals surface area contributed by atoms with E-state index in [-0.39, 0.29) is 11.9 Å². The Morgan fingerprint density at radius 3 is 2.26 bits per heavy atom. The minimum atomic E-state index is -0.907. The van der Waals surface area contributed by atoms with Crippen LogP contribution in [0, 0.1) is 24.4 Å². The Balaban J connectivity index is 2.22. The fourth-order valence-corrected chi connectivity index (χ4v) is 1.85. The lowest BCUT2D eigenvalue weighted by Gasteiger charge is -2.17. The molecule has 1 atom stereocenters. The van der Waals surface area contributed by atoms with Gasteiger partial charge in [0, 0.05) is 6.04 Å². The molecule has 2 rings (SSSR count). The number of hydrogen-bond acceptors (Lipinski definition) is 1. The van der Waals surface area contributed by atoms with Gasteiger partial charge in [-0.25, -0.2) is 13.2 Å². The van der Waals surface area contributed by atoms with E-state index in [0.29, 0.717) is 11.3 Å². The molecule has 0 aliphatic heterocycles. The summed E-state index contributed by atoms with van der Waals surface area (Å²) in [6.45, 7) is 3.61. The van der Waals surface area contributed by atoms with Gasteiger partial charge in [-0.1, -0.05) is 12.1 Å².